The third-order valence-corrected chi connectivity index (χ3v) is 5.75. The Morgan fingerprint density at radius 1 is 1.13 bits per heavy atom. The number of amides is 1. The Hall–Kier alpha value is -3.43. The lowest BCUT2D eigenvalue weighted by molar-refractivity contribution is -0.130. The molecule has 0 unspecified atom stereocenters. The number of carbonyl (C=O) groups is 3. The molecule has 1 N–H and O–H groups in total. The lowest BCUT2D eigenvalue weighted by atomic mass is 10.0. The summed E-state index contributed by atoms with van der Waals surface area (Å²) in [7, 11) is 1.42. The number of thioether (sulfide) groups is 1. The van der Waals surface area contributed by atoms with Crippen molar-refractivity contribution in [3.05, 3.63) is 70.3 Å². The Morgan fingerprint density at radius 2 is 1.90 bits per heavy atom. The van der Waals surface area contributed by atoms with E-state index in [4.69, 9.17) is 21.7 Å². The number of hydrogen-bond acceptors (Lipinski definition) is 8. The number of Topliss-reactive ketones (excluding diaryl/α,β-unsaturated/α-hetero) is 1. The van der Waals surface area contributed by atoms with Gasteiger partial charge in [-0.1, -0.05) is 48.2 Å². The largest absolute Gasteiger partial charge is 0.504 e. The Morgan fingerprint density at radius 3 is 2.67 bits per heavy atom. The van der Waals surface area contributed by atoms with E-state index in [0.29, 0.717) is 5.56 Å². The van der Waals surface area contributed by atoms with Crippen LogP contribution in [0.3, 0.4) is 0 Å². The fraction of sp³-hybridized carbons (Fsp3) is 0.0476. The second-order valence-electron chi connectivity index (χ2n) is 6.21. The molecule has 2 heterocycles. The van der Waals surface area contributed by atoms with Crippen molar-refractivity contribution in [2.24, 2.45) is 0 Å². The van der Waals surface area contributed by atoms with E-state index in [2.05, 4.69) is 0 Å². The number of methoxy groups -OCH3 is 1. The molecule has 0 aliphatic carbocycles. The SMILES string of the molecule is COc1cccc(C=C2SC(=S)N(C=C3C(=O)Oc4ccccc4C3=O)C2=O)c1O. The first-order chi connectivity index (χ1) is 14.4. The molecule has 0 spiro atoms. The molecule has 2 aliphatic rings. The second-order valence-corrected chi connectivity index (χ2v) is 7.88. The van der Waals surface area contributed by atoms with Gasteiger partial charge in [0.2, 0.25) is 5.78 Å². The number of ether oxygens (including phenoxy) is 2. The van der Waals surface area contributed by atoms with Crippen LogP contribution in [0, 0.1) is 0 Å². The van der Waals surface area contributed by atoms with Crippen LogP contribution in [0.15, 0.2) is 59.1 Å². The Labute approximate surface area is 180 Å². The third kappa shape index (κ3) is 3.38. The number of rotatable bonds is 3. The minimum Gasteiger partial charge on any atom is -0.504 e. The number of para-hydroxylation sites is 2. The van der Waals surface area contributed by atoms with E-state index in [0.717, 1.165) is 22.9 Å². The van der Waals surface area contributed by atoms with Gasteiger partial charge in [0.05, 0.1) is 17.6 Å². The van der Waals surface area contributed by atoms with Crippen molar-refractivity contribution >= 4 is 52.0 Å². The zero-order valence-corrected chi connectivity index (χ0v) is 17.1. The van der Waals surface area contributed by atoms with Crippen LogP contribution in [-0.4, -0.2) is 39.1 Å². The number of esters is 1. The van der Waals surface area contributed by atoms with Crippen LogP contribution in [0.5, 0.6) is 17.2 Å². The first-order valence-corrected chi connectivity index (χ1v) is 9.84. The Bertz CT molecular complexity index is 1180. The molecule has 1 saturated heterocycles. The van der Waals surface area contributed by atoms with Crippen LogP contribution in [0.2, 0.25) is 0 Å². The summed E-state index contributed by atoms with van der Waals surface area (Å²) in [6, 6.07) is 11.2. The molecule has 150 valence electrons. The number of thiocarbonyl (C=S) groups is 1. The third-order valence-electron chi connectivity index (χ3n) is 4.42. The van der Waals surface area contributed by atoms with Crippen LogP contribution in [0.25, 0.3) is 6.08 Å². The number of carbonyl (C=O) groups excluding carboxylic acids is 3. The molecule has 2 aromatic carbocycles. The van der Waals surface area contributed by atoms with Crippen LogP contribution < -0.4 is 9.47 Å². The van der Waals surface area contributed by atoms with Crippen molar-refractivity contribution in [3.63, 3.8) is 0 Å². The van der Waals surface area contributed by atoms with Gasteiger partial charge >= 0.3 is 5.97 Å². The number of hydrogen-bond donors (Lipinski definition) is 1. The van der Waals surface area contributed by atoms with Gasteiger partial charge in [0.25, 0.3) is 5.91 Å². The first kappa shape index (κ1) is 19.9. The minimum absolute atomic E-state index is 0.119. The fourth-order valence-electron chi connectivity index (χ4n) is 2.93. The smallest absolute Gasteiger partial charge is 0.349 e. The molecule has 9 heteroatoms. The maximum Gasteiger partial charge on any atom is 0.349 e. The van der Waals surface area contributed by atoms with Crippen LogP contribution in [0.4, 0.5) is 0 Å². The van der Waals surface area contributed by atoms with Crippen molar-refractivity contribution in [2.45, 2.75) is 0 Å². The summed E-state index contributed by atoms with van der Waals surface area (Å²) in [5.41, 5.74) is 0.297. The van der Waals surface area contributed by atoms with E-state index in [1.54, 1.807) is 30.3 Å². The van der Waals surface area contributed by atoms with E-state index in [-0.39, 0.29) is 37.6 Å². The van der Waals surface area contributed by atoms with Crippen LogP contribution in [-0.2, 0) is 9.59 Å². The monoisotopic (exact) mass is 439 g/mol. The fourth-order valence-corrected chi connectivity index (χ4v) is 4.13. The molecular weight excluding hydrogens is 426 g/mol. The number of fused-ring (bicyclic) bond motifs is 1. The van der Waals surface area contributed by atoms with Crippen LogP contribution in [0.1, 0.15) is 15.9 Å². The van der Waals surface area contributed by atoms with Crippen molar-refractivity contribution in [1.82, 2.24) is 4.90 Å². The van der Waals surface area contributed by atoms with E-state index in [1.807, 2.05) is 0 Å². The average Bonchev–Trinajstić information content (AvgIpc) is 2.99. The molecule has 0 aromatic heterocycles. The molecule has 7 nitrogen and oxygen atoms in total. The summed E-state index contributed by atoms with van der Waals surface area (Å²) in [4.78, 5) is 39.1. The van der Waals surface area contributed by atoms with Gasteiger partial charge in [-0.25, -0.2) is 4.79 Å². The molecule has 0 atom stereocenters. The van der Waals surface area contributed by atoms with Gasteiger partial charge in [0, 0.05) is 11.8 Å². The number of benzene rings is 2. The molecule has 1 amide bonds. The van der Waals surface area contributed by atoms with Gasteiger partial charge in [-0.15, -0.1) is 0 Å². The van der Waals surface area contributed by atoms with Crippen LogP contribution >= 0.6 is 24.0 Å². The highest BCUT2D eigenvalue weighted by molar-refractivity contribution is 8.26. The summed E-state index contributed by atoms with van der Waals surface area (Å²) < 4.78 is 10.4. The van der Waals surface area contributed by atoms with Crippen molar-refractivity contribution in [2.75, 3.05) is 7.11 Å². The highest BCUT2D eigenvalue weighted by Crippen LogP contribution is 2.37. The average molecular weight is 439 g/mol. The molecule has 4 rings (SSSR count). The molecule has 0 radical (unpaired) electrons. The molecule has 30 heavy (non-hydrogen) atoms. The van der Waals surface area contributed by atoms with Gasteiger partial charge in [0.1, 0.15) is 11.3 Å². The highest BCUT2D eigenvalue weighted by Gasteiger charge is 2.36. The summed E-state index contributed by atoms with van der Waals surface area (Å²) >= 11 is 6.23. The standard InChI is InChI=1S/C21H13NO6S2/c1-27-15-8-4-5-11(17(15)23)9-16-19(25)22(21(29)30-16)10-13-18(24)12-6-2-3-7-14(12)28-20(13)26/h2-10,23H,1H3. The maximum atomic E-state index is 12.8. The number of aromatic hydroxyl groups is 1. The van der Waals surface area contributed by atoms with Crippen molar-refractivity contribution < 1.29 is 29.0 Å². The van der Waals surface area contributed by atoms with E-state index in [1.165, 1.54) is 25.3 Å². The molecule has 1 fully saturated rings. The Kier molecular flexibility index (Phi) is 5.15. The Balaban J connectivity index is 1.67. The first-order valence-electron chi connectivity index (χ1n) is 8.61. The molecular formula is C21H13NO6S2. The van der Waals surface area contributed by atoms with E-state index in [9.17, 15) is 19.5 Å². The summed E-state index contributed by atoms with van der Waals surface area (Å²) in [6.45, 7) is 0. The van der Waals surface area contributed by atoms with Gasteiger partial charge in [-0.2, -0.15) is 0 Å². The number of phenols is 1. The predicted molar refractivity (Wildman–Crippen MR) is 114 cm³/mol. The molecule has 2 aromatic rings. The quantitative estimate of drug-likeness (QED) is 0.256. The maximum absolute atomic E-state index is 12.8. The summed E-state index contributed by atoms with van der Waals surface area (Å²) in [5.74, 6) is -1.63. The van der Waals surface area contributed by atoms with Gasteiger partial charge in [-0.3, -0.25) is 14.5 Å². The summed E-state index contributed by atoms with van der Waals surface area (Å²) in [5, 5.41) is 10.2. The normalized spacial score (nSPS) is 18.8. The zero-order chi connectivity index (χ0) is 21.4. The lowest BCUT2D eigenvalue weighted by Gasteiger charge is -2.18. The molecule has 2 aliphatic heterocycles. The number of phenolic OH excluding ortho intramolecular Hbond substituents is 1. The number of nitrogens with zero attached hydrogens (tertiary/aromatic N) is 1. The number of ketones is 1. The van der Waals surface area contributed by atoms with Crippen molar-refractivity contribution in [3.8, 4) is 17.2 Å². The second kappa shape index (κ2) is 7.77. The minimum atomic E-state index is -0.859. The van der Waals surface area contributed by atoms with Gasteiger partial charge < -0.3 is 14.6 Å². The molecule has 0 bridgehead atoms. The summed E-state index contributed by atoms with van der Waals surface area (Å²) in [6.07, 6.45) is 2.57. The van der Waals surface area contributed by atoms with Gasteiger partial charge in [-0.05, 0) is 24.3 Å². The van der Waals surface area contributed by atoms with E-state index < -0.39 is 17.7 Å². The topological polar surface area (TPSA) is 93.1 Å². The van der Waals surface area contributed by atoms with Crippen molar-refractivity contribution in [1.29, 1.82) is 0 Å². The zero-order valence-electron chi connectivity index (χ0n) is 15.4. The predicted octanol–water partition coefficient (Wildman–Crippen LogP) is 3.29. The van der Waals surface area contributed by atoms with Gasteiger partial charge in [0.15, 0.2) is 15.8 Å². The highest BCUT2D eigenvalue weighted by atomic mass is 32.2. The lowest BCUT2D eigenvalue weighted by Crippen LogP contribution is -2.30. The molecule has 0 saturated carbocycles. The van der Waals surface area contributed by atoms with E-state index >= 15 is 0 Å².